The van der Waals surface area contributed by atoms with Crippen molar-refractivity contribution >= 4 is 22.5 Å². The standard InChI is InChI=1S/C16H14ClN3O3/c17-11-5-7-13(8-6-11)23-10-12(21)9-20-16(22)14-3-1-2-4-15(14)18-19-20/h1-8,12,21H,9-10H2. The van der Waals surface area contributed by atoms with Gasteiger partial charge in [-0.2, -0.15) is 0 Å². The van der Waals surface area contributed by atoms with Gasteiger partial charge in [-0.05, 0) is 36.4 Å². The Labute approximate surface area is 136 Å². The predicted molar refractivity (Wildman–Crippen MR) is 86.8 cm³/mol. The number of aliphatic hydroxyl groups is 1. The minimum Gasteiger partial charge on any atom is -0.491 e. The molecule has 0 spiro atoms. The van der Waals surface area contributed by atoms with Crippen molar-refractivity contribution in [3.63, 3.8) is 0 Å². The summed E-state index contributed by atoms with van der Waals surface area (Å²) in [7, 11) is 0. The lowest BCUT2D eigenvalue weighted by Crippen LogP contribution is -2.32. The fourth-order valence-corrected chi connectivity index (χ4v) is 2.24. The van der Waals surface area contributed by atoms with Gasteiger partial charge in [-0.3, -0.25) is 4.79 Å². The number of aromatic nitrogens is 3. The van der Waals surface area contributed by atoms with Gasteiger partial charge in [-0.1, -0.05) is 28.9 Å². The Kier molecular flexibility index (Phi) is 4.55. The Morgan fingerprint density at radius 3 is 2.70 bits per heavy atom. The number of halogens is 1. The first-order valence-corrected chi connectivity index (χ1v) is 7.40. The Morgan fingerprint density at radius 1 is 1.17 bits per heavy atom. The summed E-state index contributed by atoms with van der Waals surface area (Å²) in [5.74, 6) is 0.588. The van der Waals surface area contributed by atoms with Gasteiger partial charge in [0.2, 0.25) is 0 Å². The van der Waals surface area contributed by atoms with Crippen LogP contribution in [-0.2, 0) is 6.54 Å². The highest BCUT2D eigenvalue weighted by Gasteiger charge is 2.11. The van der Waals surface area contributed by atoms with Gasteiger partial charge in [0.15, 0.2) is 0 Å². The summed E-state index contributed by atoms with van der Waals surface area (Å²) < 4.78 is 6.59. The molecule has 0 amide bonds. The normalized spacial score (nSPS) is 12.3. The summed E-state index contributed by atoms with van der Waals surface area (Å²) in [6, 6.07) is 13.7. The van der Waals surface area contributed by atoms with Crippen LogP contribution < -0.4 is 10.3 Å². The molecule has 0 radical (unpaired) electrons. The van der Waals surface area contributed by atoms with Crippen molar-refractivity contribution in [2.24, 2.45) is 0 Å². The molecule has 118 valence electrons. The van der Waals surface area contributed by atoms with Crippen molar-refractivity contribution in [2.45, 2.75) is 12.6 Å². The maximum Gasteiger partial charge on any atom is 0.277 e. The van der Waals surface area contributed by atoms with Gasteiger partial charge in [0, 0.05) is 5.02 Å². The van der Waals surface area contributed by atoms with Crippen LogP contribution in [0.2, 0.25) is 5.02 Å². The summed E-state index contributed by atoms with van der Waals surface area (Å²) >= 11 is 5.79. The Balaban J connectivity index is 1.68. The van der Waals surface area contributed by atoms with Gasteiger partial charge in [0.1, 0.15) is 24.0 Å². The molecule has 0 saturated carbocycles. The highest BCUT2D eigenvalue weighted by molar-refractivity contribution is 6.30. The maximum atomic E-state index is 12.3. The van der Waals surface area contributed by atoms with E-state index in [2.05, 4.69) is 10.3 Å². The second-order valence-corrected chi connectivity index (χ2v) is 5.45. The van der Waals surface area contributed by atoms with Gasteiger partial charge in [0.25, 0.3) is 5.56 Å². The van der Waals surface area contributed by atoms with Crippen molar-refractivity contribution < 1.29 is 9.84 Å². The second-order valence-electron chi connectivity index (χ2n) is 5.01. The van der Waals surface area contributed by atoms with Crippen LogP contribution in [0, 0.1) is 0 Å². The molecule has 23 heavy (non-hydrogen) atoms. The number of aliphatic hydroxyl groups excluding tert-OH is 1. The number of nitrogens with zero attached hydrogens (tertiary/aromatic N) is 3. The fourth-order valence-electron chi connectivity index (χ4n) is 2.12. The molecule has 1 N–H and O–H groups in total. The largest absolute Gasteiger partial charge is 0.491 e. The molecule has 1 aromatic heterocycles. The van der Waals surface area contributed by atoms with Crippen molar-refractivity contribution in [3.8, 4) is 5.75 Å². The fraction of sp³-hybridized carbons (Fsp3) is 0.188. The second kappa shape index (κ2) is 6.76. The van der Waals surface area contributed by atoms with Gasteiger partial charge < -0.3 is 9.84 Å². The van der Waals surface area contributed by atoms with E-state index in [4.69, 9.17) is 16.3 Å². The third-order valence-corrected chi connectivity index (χ3v) is 3.52. The summed E-state index contributed by atoms with van der Waals surface area (Å²) in [4.78, 5) is 12.3. The Bertz CT molecular complexity index is 864. The van der Waals surface area contributed by atoms with E-state index in [1.165, 1.54) is 0 Å². The van der Waals surface area contributed by atoms with Crippen LogP contribution in [0.15, 0.2) is 53.3 Å². The molecule has 0 bridgehead atoms. The van der Waals surface area contributed by atoms with Gasteiger partial charge in [-0.15, -0.1) is 5.10 Å². The van der Waals surface area contributed by atoms with Crippen molar-refractivity contribution in [1.29, 1.82) is 0 Å². The molecule has 1 heterocycles. The molecule has 0 aliphatic rings. The first-order valence-electron chi connectivity index (χ1n) is 7.02. The third kappa shape index (κ3) is 3.67. The molecule has 1 atom stereocenters. The number of hydrogen-bond acceptors (Lipinski definition) is 5. The zero-order valence-electron chi connectivity index (χ0n) is 12.1. The van der Waals surface area contributed by atoms with Crippen molar-refractivity contribution in [1.82, 2.24) is 15.0 Å². The molecule has 7 heteroatoms. The number of benzene rings is 2. The van der Waals surface area contributed by atoms with E-state index in [1.54, 1.807) is 48.5 Å². The lowest BCUT2D eigenvalue weighted by molar-refractivity contribution is 0.0873. The van der Waals surface area contributed by atoms with E-state index in [0.29, 0.717) is 21.7 Å². The highest BCUT2D eigenvalue weighted by Crippen LogP contribution is 2.15. The quantitative estimate of drug-likeness (QED) is 0.772. The van der Waals surface area contributed by atoms with E-state index in [1.807, 2.05) is 0 Å². The molecule has 2 aromatic carbocycles. The molecule has 6 nitrogen and oxygen atoms in total. The Morgan fingerprint density at radius 2 is 1.91 bits per heavy atom. The van der Waals surface area contributed by atoms with Gasteiger partial charge in [-0.25, -0.2) is 4.68 Å². The first-order chi connectivity index (χ1) is 11.1. The lowest BCUT2D eigenvalue weighted by atomic mass is 10.2. The number of fused-ring (bicyclic) bond motifs is 1. The van der Waals surface area contributed by atoms with Crippen molar-refractivity contribution in [2.75, 3.05) is 6.61 Å². The van der Waals surface area contributed by atoms with Gasteiger partial charge >= 0.3 is 0 Å². The van der Waals surface area contributed by atoms with E-state index in [9.17, 15) is 9.90 Å². The van der Waals surface area contributed by atoms with Crippen LogP contribution in [-0.4, -0.2) is 32.8 Å². The maximum absolute atomic E-state index is 12.3. The SMILES string of the molecule is O=c1c2ccccc2nnn1CC(O)COc1ccc(Cl)cc1. The summed E-state index contributed by atoms with van der Waals surface area (Å²) in [6.07, 6.45) is -0.890. The van der Waals surface area contributed by atoms with Crippen LogP contribution in [0.4, 0.5) is 0 Å². The highest BCUT2D eigenvalue weighted by atomic mass is 35.5. The van der Waals surface area contributed by atoms with E-state index in [-0.39, 0.29) is 18.7 Å². The van der Waals surface area contributed by atoms with Gasteiger partial charge in [0.05, 0.1) is 11.9 Å². The molecule has 0 aliphatic heterocycles. The Hall–Kier alpha value is -2.44. The average Bonchev–Trinajstić information content (AvgIpc) is 2.57. The summed E-state index contributed by atoms with van der Waals surface area (Å²) in [5, 5.41) is 18.9. The number of rotatable bonds is 5. The minimum atomic E-state index is -0.890. The topological polar surface area (TPSA) is 77.2 Å². The van der Waals surface area contributed by atoms with E-state index >= 15 is 0 Å². The summed E-state index contributed by atoms with van der Waals surface area (Å²) in [5.41, 5.74) is 0.238. The number of hydrogen-bond donors (Lipinski definition) is 1. The summed E-state index contributed by atoms with van der Waals surface area (Å²) in [6.45, 7) is 0.0346. The lowest BCUT2D eigenvalue weighted by Gasteiger charge is -2.13. The van der Waals surface area contributed by atoms with Crippen LogP contribution in [0.25, 0.3) is 10.9 Å². The van der Waals surface area contributed by atoms with Crippen LogP contribution in [0.1, 0.15) is 0 Å². The molecular weight excluding hydrogens is 318 g/mol. The molecule has 3 rings (SSSR count). The molecule has 0 fully saturated rings. The van der Waals surface area contributed by atoms with Crippen LogP contribution in [0.3, 0.4) is 0 Å². The zero-order chi connectivity index (χ0) is 16.2. The molecule has 0 aliphatic carbocycles. The predicted octanol–water partition coefficient (Wildman–Crippen LogP) is 1.88. The molecule has 0 saturated heterocycles. The van der Waals surface area contributed by atoms with Crippen molar-refractivity contribution in [3.05, 3.63) is 63.9 Å². The van der Waals surface area contributed by atoms with E-state index < -0.39 is 6.10 Å². The molecule has 1 unspecified atom stereocenters. The average molecular weight is 332 g/mol. The van der Waals surface area contributed by atoms with E-state index in [0.717, 1.165) is 4.68 Å². The van der Waals surface area contributed by atoms with Crippen LogP contribution >= 0.6 is 11.6 Å². The molecule has 3 aromatic rings. The smallest absolute Gasteiger partial charge is 0.277 e. The zero-order valence-corrected chi connectivity index (χ0v) is 12.8. The van der Waals surface area contributed by atoms with Crippen LogP contribution in [0.5, 0.6) is 5.75 Å². The number of ether oxygens (including phenoxy) is 1. The minimum absolute atomic E-state index is 0.00422. The third-order valence-electron chi connectivity index (χ3n) is 3.27. The monoisotopic (exact) mass is 331 g/mol. The first kappa shape index (κ1) is 15.5. The molecular formula is C16H14ClN3O3.